The van der Waals surface area contributed by atoms with Gasteiger partial charge in [-0.3, -0.25) is 4.98 Å². The Bertz CT molecular complexity index is 628. The molecule has 0 radical (unpaired) electrons. The maximum absolute atomic E-state index is 10.8. The lowest BCUT2D eigenvalue weighted by atomic mass is 10.2. The lowest BCUT2D eigenvalue weighted by Crippen LogP contribution is -2.03. The van der Waals surface area contributed by atoms with E-state index in [9.17, 15) is 9.90 Å². The van der Waals surface area contributed by atoms with E-state index in [0.29, 0.717) is 23.5 Å². The molecule has 2 aromatic rings. The maximum atomic E-state index is 10.8. The number of phenolic OH excluding ortho intramolecular Hbond substituents is 1. The van der Waals surface area contributed by atoms with Gasteiger partial charge in [-0.25, -0.2) is 4.79 Å². The van der Waals surface area contributed by atoms with Gasteiger partial charge in [-0.15, -0.1) is 0 Å². The first kappa shape index (κ1) is 13.7. The zero-order chi connectivity index (χ0) is 14.5. The molecule has 0 aliphatic heterocycles. The Kier molecular flexibility index (Phi) is 4.05. The third-order valence-corrected chi connectivity index (χ3v) is 2.77. The quantitative estimate of drug-likeness (QED) is 0.773. The van der Waals surface area contributed by atoms with Crippen LogP contribution in [0.15, 0.2) is 36.7 Å². The van der Waals surface area contributed by atoms with Crippen LogP contribution in [0.5, 0.6) is 11.5 Å². The van der Waals surface area contributed by atoms with Gasteiger partial charge in [0.1, 0.15) is 0 Å². The molecule has 0 amide bonds. The number of carbonyl (C=O) groups is 1. The number of nitrogens with one attached hydrogen (secondary N) is 1. The third kappa shape index (κ3) is 2.97. The lowest BCUT2D eigenvalue weighted by Gasteiger charge is -2.10. The first-order valence-electron chi connectivity index (χ1n) is 5.89. The molecule has 0 spiro atoms. The molecule has 0 fully saturated rings. The highest BCUT2D eigenvalue weighted by molar-refractivity contribution is 5.88. The van der Waals surface area contributed by atoms with Crippen LogP contribution in [0.25, 0.3) is 0 Å². The van der Waals surface area contributed by atoms with Crippen LogP contribution >= 0.6 is 0 Å². The average molecular weight is 274 g/mol. The molecule has 1 heterocycles. The van der Waals surface area contributed by atoms with Crippen molar-refractivity contribution >= 4 is 11.7 Å². The summed E-state index contributed by atoms with van der Waals surface area (Å²) in [7, 11) is 1.48. The minimum Gasteiger partial charge on any atom is -0.504 e. The number of nitrogens with zero attached hydrogens (tertiary/aromatic N) is 1. The van der Waals surface area contributed by atoms with Crippen LogP contribution in [-0.2, 0) is 6.54 Å². The summed E-state index contributed by atoms with van der Waals surface area (Å²) in [6.45, 7) is 0.327. The maximum Gasteiger partial charge on any atom is 0.337 e. The van der Waals surface area contributed by atoms with Crippen molar-refractivity contribution in [3.05, 3.63) is 47.8 Å². The van der Waals surface area contributed by atoms with Crippen molar-refractivity contribution in [3.63, 3.8) is 0 Å². The standard InChI is InChI=1S/C14H14N2O4/c1-20-12-4-2-3-9(13(12)17)7-16-11-5-10(14(18)19)6-15-8-11/h2-6,8,16-17H,7H2,1H3,(H,18,19). The molecule has 0 saturated carbocycles. The average Bonchev–Trinajstić information content (AvgIpc) is 2.46. The Labute approximate surface area is 115 Å². The highest BCUT2D eigenvalue weighted by atomic mass is 16.5. The van der Waals surface area contributed by atoms with E-state index in [-0.39, 0.29) is 11.3 Å². The number of hydrogen-bond donors (Lipinski definition) is 3. The molecule has 0 atom stereocenters. The summed E-state index contributed by atoms with van der Waals surface area (Å²) < 4.78 is 5.02. The van der Waals surface area contributed by atoms with Crippen molar-refractivity contribution in [3.8, 4) is 11.5 Å². The largest absolute Gasteiger partial charge is 0.504 e. The molecule has 6 heteroatoms. The molecule has 0 aliphatic carbocycles. The fraction of sp³-hybridized carbons (Fsp3) is 0.143. The number of aromatic carboxylic acids is 1. The number of pyridine rings is 1. The molecule has 3 N–H and O–H groups in total. The van der Waals surface area contributed by atoms with Crippen molar-refractivity contribution in [2.24, 2.45) is 0 Å². The van der Waals surface area contributed by atoms with Gasteiger partial charge in [0.15, 0.2) is 11.5 Å². The van der Waals surface area contributed by atoms with E-state index in [1.165, 1.54) is 25.6 Å². The third-order valence-electron chi connectivity index (χ3n) is 2.77. The number of anilines is 1. The molecular formula is C14H14N2O4. The summed E-state index contributed by atoms with van der Waals surface area (Å²) in [5.74, 6) is -0.586. The van der Waals surface area contributed by atoms with Gasteiger partial charge in [0.25, 0.3) is 0 Å². The minimum atomic E-state index is -1.04. The number of aromatic nitrogens is 1. The van der Waals surface area contributed by atoms with Crippen molar-refractivity contribution < 1.29 is 19.7 Å². The molecule has 1 aromatic heterocycles. The fourth-order valence-corrected chi connectivity index (χ4v) is 1.73. The second-order valence-corrected chi connectivity index (χ2v) is 4.09. The molecule has 0 saturated heterocycles. The van der Waals surface area contributed by atoms with Crippen LogP contribution in [0.2, 0.25) is 0 Å². The van der Waals surface area contributed by atoms with Crippen LogP contribution in [0.1, 0.15) is 15.9 Å². The number of phenols is 1. The summed E-state index contributed by atoms with van der Waals surface area (Å²) in [5.41, 5.74) is 1.31. The number of para-hydroxylation sites is 1. The Balaban J connectivity index is 2.13. The van der Waals surface area contributed by atoms with E-state index in [1.807, 2.05) is 0 Å². The van der Waals surface area contributed by atoms with E-state index in [4.69, 9.17) is 9.84 Å². The second kappa shape index (κ2) is 5.92. The van der Waals surface area contributed by atoms with Gasteiger partial charge in [0, 0.05) is 24.5 Å². The fourth-order valence-electron chi connectivity index (χ4n) is 1.73. The van der Waals surface area contributed by atoms with Crippen molar-refractivity contribution in [2.75, 3.05) is 12.4 Å². The number of aromatic hydroxyl groups is 1. The van der Waals surface area contributed by atoms with Crippen LogP contribution in [0.3, 0.4) is 0 Å². The highest BCUT2D eigenvalue weighted by Crippen LogP contribution is 2.29. The van der Waals surface area contributed by atoms with Gasteiger partial charge >= 0.3 is 5.97 Å². The molecule has 1 aromatic carbocycles. The summed E-state index contributed by atoms with van der Waals surface area (Å²) in [4.78, 5) is 14.7. The molecule has 6 nitrogen and oxygen atoms in total. The van der Waals surface area contributed by atoms with Crippen LogP contribution in [0, 0.1) is 0 Å². The number of rotatable bonds is 5. The van der Waals surface area contributed by atoms with Gasteiger partial charge < -0.3 is 20.3 Å². The molecule has 20 heavy (non-hydrogen) atoms. The van der Waals surface area contributed by atoms with E-state index in [2.05, 4.69) is 10.3 Å². The van der Waals surface area contributed by atoms with E-state index >= 15 is 0 Å². The molecule has 2 rings (SSSR count). The lowest BCUT2D eigenvalue weighted by molar-refractivity contribution is 0.0696. The van der Waals surface area contributed by atoms with Gasteiger partial charge in [-0.1, -0.05) is 12.1 Å². The zero-order valence-electron chi connectivity index (χ0n) is 10.8. The van der Waals surface area contributed by atoms with Crippen molar-refractivity contribution in [2.45, 2.75) is 6.54 Å². The summed E-state index contributed by atoms with van der Waals surface area (Å²) in [5, 5.41) is 21.8. The van der Waals surface area contributed by atoms with E-state index in [1.54, 1.807) is 18.2 Å². The normalized spacial score (nSPS) is 10.1. The topological polar surface area (TPSA) is 91.7 Å². The molecular weight excluding hydrogens is 260 g/mol. The number of benzene rings is 1. The summed E-state index contributed by atoms with van der Waals surface area (Å²) in [6, 6.07) is 6.65. The van der Waals surface area contributed by atoms with Crippen LogP contribution < -0.4 is 10.1 Å². The van der Waals surface area contributed by atoms with Gasteiger partial charge in [0.2, 0.25) is 0 Å². The highest BCUT2D eigenvalue weighted by Gasteiger charge is 2.08. The van der Waals surface area contributed by atoms with Crippen molar-refractivity contribution in [1.82, 2.24) is 4.98 Å². The van der Waals surface area contributed by atoms with Crippen LogP contribution in [0.4, 0.5) is 5.69 Å². The summed E-state index contributed by atoms with van der Waals surface area (Å²) in [6.07, 6.45) is 2.79. The predicted octanol–water partition coefficient (Wildman–Crippen LogP) is 2.11. The SMILES string of the molecule is COc1cccc(CNc2cncc(C(=O)O)c2)c1O. The first-order chi connectivity index (χ1) is 9.61. The molecule has 104 valence electrons. The zero-order valence-corrected chi connectivity index (χ0v) is 10.8. The Morgan fingerprint density at radius 2 is 2.20 bits per heavy atom. The number of carboxylic acids is 1. The Morgan fingerprint density at radius 1 is 1.40 bits per heavy atom. The smallest absolute Gasteiger partial charge is 0.337 e. The number of carboxylic acid groups (broad SMARTS) is 1. The monoisotopic (exact) mass is 274 g/mol. The Morgan fingerprint density at radius 3 is 2.90 bits per heavy atom. The van der Waals surface area contributed by atoms with Gasteiger partial charge in [-0.2, -0.15) is 0 Å². The number of hydrogen-bond acceptors (Lipinski definition) is 5. The number of ether oxygens (including phenoxy) is 1. The van der Waals surface area contributed by atoms with Gasteiger partial charge in [-0.05, 0) is 12.1 Å². The molecule has 0 bridgehead atoms. The number of methoxy groups -OCH3 is 1. The molecule has 0 aliphatic rings. The first-order valence-corrected chi connectivity index (χ1v) is 5.89. The van der Waals surface area contributed by atoms with Crippen molar-refractivity contribution in [1.29, 1.82) is 0 Å². The predicted molar refractivity (Wildman–Crippen MR) is 73.2 cm³/mol. The summed E-state index contributed by atoms with van der Waals surface area (Å²) >= 11 is 0. The van der Waals surface area contributed by atoms with E-state index in [0.717, 1.165) is 0 Å². The second-order valence-electron chi connectivity index (χ2n) is 4.09. The van der Waals surface area contributed by atoms with Crippen LogP contribution in [-0.4, -0.2) is 28.3 Å². The van der Waals surface area contributed by atoms with Gasteiger partial charge in [0.05, 0.1) is 18.4 Å². The van der Waals surface area contributed by atoms with E-state index < -0.39 is 5.97 Å². The molecule has 0 unspecified atom stereocenters. The minimum absolute atomic E-state index is 0.0600. The Hall–Kier alpha value is -2.76.